The van der Waals surface area contributed by atoms with E-state index in [9.17, 15) is 0 Å². The Morgan fingerprint density at radius 3 is 2.80 bits per heavy atom. The summed E-state index contributed by atoms with van der Waals surface area (Å²) in [7, 11) is 1.89. The van der Waals surface area contributed by atoms with Crippen LogP contribution in [0, 0.1) is 0 Å². The Kier molecular flexibility index (Phi) is 4.48. The van der Waals surface area contributed by atoms with Crippen molar-refractivity contribution in [1.29, 1.82) is 0 Å². The molecule has 128 valence electrons. The van der Waals surface area contributed by atoms with Gasteiger partial charge in [-0.05, 0) is 37.1 Å². The lowest BCUT2D eigenvalue weighted by atomic mass is 9.93. The molecule has 1 fully saturated rings. The highest BCUT2D eigenvalue weighted by atomic mass is 15.3. The summed E-state index contributed by atoms with van der Waals surface area (Å²) in [5.74, 6) is 0.763. The molecule has 0 amide bonds. The molecular formula is C20H23N5. The first-order chi connectivity index (χ1) is 12.3. The van der Waals surface area contributed by atoms with Crippen LogP contribution in [0.15, 0.2) is 60.9 Å². The fraction of sp³-hybridized carbons (Fsp3) is 0.300. The van der Waals surface area contributed by atoms with Crippen molar-refractivity contribution in [2.75, 3.05) is 11.9 Å². The first-order valence-electron chi connectivity index (χ1n) is 8.79. The van der Waals surface area contributed by atoms with Crippen molar-refractivity contribution in [2.24, 2.45) is 7.05 Å². The molecular weight excluding hydrogens is 310 g/mol. The van der Waals surface area contributed by atoms with Gasteiger partial charge in [-0.1, -0.05) is 42.5 Å². The van der Waals surface area contributed by atoms with E-state index in [0.29, 0.717) is 12.1 Å². The van der Waals surface area contributed by atoms with Gasteiger partial charge in [0.05, 0.1) is 0 Å². The predicted octanol–water partition coefficient (Wildman–Crippen LogP) is 3.39. The minimum atomic E-state index is 0.410. The van der Waals surface area contributed by atoms with Gasteiger partial charge in [-0.3, -0.25) is 4.68 Å². The SMILES string of the molecule is Cn1cnc(-c2cccc(N[C@H]3CCN[C@@H](c4ccccc4)C3)c2)n1. The van der Waals surface area contributed by atoms with E-state index in [1.165, 1.54) is 5.56 Å². The van der Waals surface area contributed by atoms with E-state index in [4.69, 9.17) is 0 Å². The molecule has 3 aromatic rings. The largest absolute Gasteiger partial charge is 0.382 e. The van der Waals surface area contributed by atoms with Crippen LogP contribution < -0.4 is 10.6 Å². The number of hydrogen-bond acceptors (Lipinski definition) is 4. The highest BCUT2D eigenvalue weighted by Crippen LogP contribution is 2.26. The Morgan fingerprint density at radius 2 is 2.00 bits per heavy atom. The summed E-state index contributed by atoms with van der Waals surface area (Å²) in [5.41, 5.74) is 3.53. The minimum Gasteiger partial charge on any atom is -0.382 e. The zero-order valence-electron chi connectivity index (χ0n) is 14.4. The minimum absolute atomic E-state index is 0.410. The highest BCUT2D eigenvalue weighted by Gasteiger charge is 2.22. The van der Waals surface area contributed by atoms with Crippen LogP contribution in [0.2, 0.25) is 0 Å². The van der Waals surface area contributed by atoms with E-state index < -0.39 is 0 Å². The van der Waals surface area contributed by atoms with Crippen molar-refractivity contribution in [2.45, 2.75) is 24.9 Å². The molecule has 1 aliphatic heterocycles. The summed E-state index contributed by atoms with van der Waals surface area (Å²) < 4.78 is 1.73. The molecule has 25 heavy (non-hydrogen) atoms. The van der Waals surface area contributed by atoms with Crippen LogP contribution in [-0.4, -0.2) is 27.4 Å². The predicted molar refractivity (Wildman–Crippen MR) is 100 cm³/mol. The lowest BCUT2D eigenvalue weighted by Gasteiger charge is -2.32. The summed E-state index contributed by atoms with van der Waals surface area (Å²) in [6, 6.07) is 19.9. The smallest absolute Gasteiger partial charge is 0.181 e. The molecule has 5 heteroatoms. The van der Waals surface area contributed by atoms with Crippen molar-refractivity contribution < 1.29 is 0 Å². The van der Waals surface area contributed by atoms with E-state index >= 15 is 0 Å². The Morgan fingerprint density at radius 1 is 1.12 bits per heavy atom. The molecule has 1 aliphatic rings. The molecule has 2 N–H and O–H groups in total. The average Bonchev–Trinajstić information content (AvgIpc) is 3.09. The number of anilines is 1. The van der Waals surface area contributed by atoms with Crippen molar-refractivity contribution in [3.8, 4) is 11.4 Å². The van der Waals surface area contributed by atoms with Crippen LogP contribution in [0.4, 0.5) is 5.69 Å². The van der Waals surface area contributed by atoms with Crippen LogP contribution in [0.1, 0.15) is 24.4 Å². The standard InChI is InChI=1S/C20H23N5/c1-25-14-22-20(24-25)16-8-5-9-17(12-16)23-18-10-11-21-19(13-18)15-6-3-2-4-7-15/h2-9,12,14,18-19,21,23H,10-11,13H2,1H3/t18-,19+/m0/s1. The second-order valence-corrected chi connectivity index (χ2v) is 6.61. The first-order valence-corrected chi connectivity index (χ1v) is 8.79. The van der Waals surface area contributed by atoms with Crippen LogP contribution in [0.3, 0.4) is 0 Å². The van der Waals surface area contributed by atoms with Crippen molar-refractivity contribution in [3.63, 3.8) is 0 Å². The van der Waals surface area contributed by atoms with E-state index in [0.717, 1.165) is 36.5 Å². The number of nitrogens with zero attached hydrogens (tertiary/aromatic N) is 3. The molecule has 0 radical (unpaired) electrons. The number of aryl methyl sites for hydroxylation is 1. The molecule has 0 bridgehead atoms. The summed E-state index contributed by atoms with van der Waals surface area (Å²) in [6.07, 6.45) is 3.93. The Hall–Kier alpha value is -2.66. The first kappa shape index (κ1) is 15.8. The van der Waals surface area contributed by atoms with Crippen molar-refractivity contribution in [1.82, 2.24) is 20.1 Å². The number of piperidine rings is 1. The van der Waals surface area contributed by atoms with Gasteiger partial charge in [0, 0.05) is 30.4 Å². The second-order valence-electron chi connectivity index (χ2n) is 6.61. The van der Waals surface area contributed by atoms with Gasteiger partial charge in [0.25, 0.3) is 0 Å². The second kappa shape index (κ2) is 7.07. The number of hydrogen-bond donors (Lipinski definition) is 2. The van der Waals surface area contributed by atoms with E-state index in [2.05, 4.69) is 75.3 Å². The van der Waals surface area contributed by atoms with Crippen LogP contribution in [0.5, 0.6) is 0 Å². The van der Waals surface area contributed by atoms with Crippen molar-refractivity contribution in [3.05, 3.63) is 66.5 Å². The molecule has 1 aromatic heterocycles. The van der Waals surface area contributed by atoms with E-state index in [1.807, 2.05) is 7.05 Å². The maximum Gasteiger partial charge on any atom is 0.181 e. The van der Waals surface area contributed by atoms with Gasteiger partial charge in [0.2, 0.25) is 0 Å². The zero-order valence-corrected chi connectivity index (χ0v) is 14.4. The molecule has 5 nitrogen and oxygen atoms in total. The molecule has 0 saturated carbocycles. The Balaban J connectivity index is 1.47. The maximum absolute atomic E-state index is 4.39. The summed E-state index contributed by atoms with van der Waals surface area (Å²) in [5, 5.41) is 11.7. The van der Waals surface area contributed by atoms with Gasteiger partial charge < -0.3 is 10.6 Å². The Bertz CT molecular complexity index is 827. The number of aromatic nitrogens is 3. The maximum atomic E-state index is 4.39. The summed E-state index contributed by atoms with van der Waals surface area (Å²) in [4.78, 5) is 4.34. The van der Waals surface area contributed by atoms with Gasteiger partial charge in [-0.25, -0.2) is 4.98 Å². The molecule has 0 unspecified atom stereocenters. The number of rotatable bonds is 4. The highest BCUT2D eigenvalue weighted by molar-refractivity contribution is 5.62. The number of nitrogens with one attached hydrogen (secondary N) is 2. The molecule has 2 heterocycles. The topological polar surface area (TPSA) is 54.8 Å². The third-order valence-electron chi connectivity index (χ3n) is 4.70. The van der Waals surface area contributed by atoms with Gasteiger partial charge in [-0.15, -0.1) is 0 Å². The van der Waals surface area contributed by atoms with Gasteiger partial charge in [-0.2, -0.15) is 5.10 Å². The number of benzene rings is 2. The quantitative estimate of drug-likeness (QED) is 0.768. The molecule has 0 aliphatic carbocycles. The molecule has 2 atom stereocenters. The van der Waals surface area contributed by atoms with Crippen LogP contribution >= 0.6 is 0 Å². The zero-order chi connectivity index (χ0) is 17.1. The normalized spacial score (nSPS) is 20.4. The van der Waals surface area contributed by atoms with Gasteiger partial charge >= 0.3 is 0 Å². The van der Waals surface area contributed by atoms with Gasteiger partial charge in [0.15, 0.2) is 5.82 Å². The van der Waals surface area contributed by atoms with E-state index in [1.54, 1.807) is 11.0 Å². The molecule has 0 spiro atoms. The molecule has 4 rings (SSSR count). The fourth-order valence-corrected chi connectivity index (χ4v) is 3.44. The lowest BCUT2D eigenvalue weighted by Crippen LogP contribution is -2.38. The molecule has 2 aromatic carbocycles. The summed E-state index contributed by atoms with van der Waals surface area (Å²) in [6.45, 7) is 1.03. The molecule has 1 saturated heterocycles. The average molecular weight is 333 g/mol. The fourth-order valence-electron chi connectivity index (χ4n) is 3.44. The lowest BCUT2D eigenvalue weighted by molar-refractivity contribution is 0.384. The monoisotopic (exact) mass is 333 g/mol. The third kappa shape index (κ3) is 3.72. The summed E-state index contributed by atoms with van der Waals surface area (Å²) >= 11 is 0. The Labute approximate surface area is 148 Å². The van der Waals surface area contributed by atoms with Crippen molar-refractivity contribution >= 4 is 5.69 Å². The van der Waals surface area contributed by atoms with Gasteiger partial charge in [0.1, 0.15) is 6.33 Å². The van der Waals surface area contributed by atoms with Crippen LogP contribution in [-0.2, 0) is 7.05 Å². The third-order valence-corrected chi connectivity index (χ3v) is 4.70. The van der Waals surface area contributed by atoms with Crippen LogP contribution in [0.25, 0.3) is 11.4 Å². The van der Waals surface area contributed by atoms with E-state index in [-0.39, 0.29) is 0 Å².